The second kappa shape index (κ2) is 5.22. The van der Waals surface area contributed by atoms with Gasteiger partial charge >= 0.3 is 5.97 Å². The Labute approximate surface area is 165 Å². The Bertz CT molecular complexity index is 874. The van der Waals surface area contributed by atoms with Crippen molar-refractivity contribution in [3.8, 4) is 0 Å². The second-order valence-corrected chi connectivity index (χ2v) is 9.02. The van der Waals surface area contributed by atoms with Gasteiger partial charge in [0.25, 0.3) is 0 Å². The van der Waals surface area contributed by atoms with E-state index in [4.69, 9.17) is 18.9 Å². The SMILES string of the molecule is CC/C=C/C12C3CC4C5[C@H](C)/C(=C6\OC(=O)C(C)=C6OC)OC5(O3)C1CCN42. The minimum atomic E-state index is -0.609. The van der Waals surface area contributed by atoms with Gasteiger partial charge in [-0.05, 0) is 26.2 Å². The third-order valence-corrected chi connectivity index (χ3v) is 8.10. The molecule has 6 aliphatic rings. The Morgan fingerprint density at radius 2 is 2.21 bits per heavy atom. The van der Waals surface area contributed by atoms with Gasteiger partial charge in [0.1, 0.15) is 5.76 Å². The maximum atomic E-state index is 12.2. The van der Waals surface area contributed by atoms with E-state index in [1.165, 1.54) is 0 Å². The maximum Gasteiger partial charge on any atom is 0.343 e. The molecule has 7 unspecified atom stereocenters. The molecule has 1 spiro atoms. The van der Waals surface area contributed by atoms with Crippen LogP contribution in [0.15, 0.2) is 35.0 Å². The lowest BCUT2D eigenvalue weighted by Gasteiger charge is -2.47. The summed E-state index contributed by atoms with van der Waals surface area (Å²) in [6.45, 7) is 7.21. The smallest absolute Gasteiger partial charge is 0.343 e. The first-order valence-electron chi connectivity index (χ1n) is 10.5. The quantitative estimate of drug-likeness (QED) is 0.550. The van der Waals surface area contributed by atoms with E-state index in [0.717, 1.165) is 31.6 Å². The number of ether oxygens (including phenoxy) is 4. The average Bonchev–Trinajstić information content (AvgIpc) is 3.38. The third-order valence-electron chi connectivity index (χ3n) is 8.10. The van der Waals surface area contributed by atoms with Gasteiger partial charge in [-0.1, -0.05) is 26.0 Å². The number of piperidine rings is 1. The number of nitrogens with zero attached hydrogens (tertiary/aromatic N) is 1. The van der Waals surface area contributed by atoms with Crippen LogP contribution >= 0.6 is 0 Å². The zero-order valence-electron chi connectivity index (χ0n) is 16.9. The molecule has 5 fully saturated rings. The van der Waals surface area contributed by atoms with Crippen molar-refractivity contribution in [3.05, 3.63) is 35.0 Å². The molecule has 6 heteroatoms. The van der Waals surface area contributed by atoms with Gasteiger partial charge in [-0.25, -0.2) is 4.79 Å². The largest absolute Gasteiger partial charge is 0.492 e. The van der Waals surface area contributed by atoms with Gasteiger partial charge in [-0.2, -0.15) is 0 Å². The van der Waals surface area contributed by atoms with Gasteiger partial charge in [-0.3, -0.25) is 4.90 Å². The molecule has 0 aromatic carbocycles. The zero-order chi connectivity index (χ0) is 19.4. The topological polar surface area (TPSA) is 57.2 Å². The minimum absolute atomic E-state index is 0.0286. The van der Waals surface area contributed by atoms with E-state index in [-0.39, 0.29) is 29.4 Å². The molecule has 150 valence electrons. The molecule has 6 aliphatic heterocycles. The van der Waals surface area contributed by atoms with Crippen LogP contribution in [0.2, 0.25) is 0 Å². The monoisotopic (exact) mass is 385 g/mol. The van der Waals surface area contributed by atoms with Crippen molar-refractivity contribution in [3.63, 3.8) is 0 Å². The number of cyclic esters (lactones) is 1. The van der Waals surface area contributed by atoms with Gasteiger partial charge < -0.3 is 18.9 Å². The predicted molar refractivity (Wildman–Crippen MR) is 99.6 cm³/mol. The summed E-state index contributed by atoms with van der Waals surface area (Å²) in [6.07, 6.45) is 8.04. The van der Waals surface area contributed by atoms with Gasteiger partial charge in [0.05, 0.1) is 36.2 Å². The highest BCUT2D eigenvalue weighted by atomic mass is 16.7. The second-order valence-electron chi connectivity index (χ2n) is 9.02. The van der Waals surface area contributed by atoms with Crippen LogP contribution in [0.4, 0.5) is 0 Å². The highest BCUT2D eigenvalue weighted by molar-refractivity contribution is 5.93. The summed E-state index contributed by atoms with van der Waals surface area (Å²) in [6, 6.07) is 0.445. The van der Waals surface area contributed by atoms with E-state index in [1.54, 1.807) is 14.0 Å². The van der Waals surface area contributed by atoms with Crippen LogP contribution in [-0.4, -0.2) is 48.0 Å². The molecule has 0 aromatic heterocycles. The molecule has 0 N–H and O–H groups in total. The van der Waals surface area contributed by atoms with E-state index in [9.17, 15) is 4.79 Å². The standard InChI is InChI=1S/C22H27NO5/c1-5-6-8-21-14-7-9-23(21)13-10-15(21)27-22(14)16(13)11(2)18(28-22)19-17(25-4)12(3)20(24)26-19/h6,8,11,13-16H,5,7,9-10H2,1-4H3/b8-6+,19-18+/t11-,13?,14?,15?,16?,21?,22?/m0/s1. The molecule has 0 amide bonds. The van der Waals surface area contributed by atoms with Crippen molar-refractivity contribution in [2.75, 3.05) is 13.7 Å². The van der Waals surface area contributed by atoms with Crippen molar-refractivity contribution >= 4 is 5.97 Å². The summed E-state index contributed by atoms with van der Waals surface area (Å²) < 4.78 is 24.5. The maximum absolute atomic E-state index is 12.2. The Hall–Kier alpha value is -1.79. The number of allylic oxidation sites excluding steroid dienone is 2. The molecule has 6 heterocycles. The number of carbonyl (C=O) groups excluding carboxylic acids is 1. The van der Waals surface area contributed by atoms with Gasteiger partial charge in [0.15, 0.2) is 5.76 Å². The predicted octanol–water partition coefficient (Wildman–Crippen LogP) is 2.87. The van der Waals surface area contributed by atoms with Crippen molar-refractivity contribution in [2.24, 2.45) is 17.8 Å². The molecule has 0 aromatic rings. The van der Waals surface area contributed by atoms with Crippen LogP contribution in [0.5, 0.6) is 0 Å². The summed E-state index contributed by atoms with van der Waals surface area (Å²) in [4.78, 5) is 14.9. The number of methoxy groups -OCH3 is 1. The highest BCUT2D eigenvalue weighted by Gasteiger charge is 2.83. The molecule has 28 heavy (non-hydrogen) atoms. The summed E-state index contributed by atoms with van der Waals surface area (Å²) >= 11 is 0. The Balaban J connectivity index is 1.49. The number of carbonyl (C=O) groups is 1. The van der Waals surface area contributed by atoms with Gasteiger partial charge in [-0.15, -0.1) is 0 Å². The Kier molecular flexibility index (Phi) is 3.19. The van der Waals surface area contributed by atoms with Crippen molar-refractivity contribution in [1.82, 2.24) is 4.90 Å². The fraction of sp³-hybridized carbons (Fsp3) is 0.682. The molecule has 0 saturated carbocycles. The zero-order valence-corrected chi connectivity index (χ0v) is 16.9. The van der Waals surface area contributed by atoms with E-state index in [0.29, 0.717) is 29.1 Å². The number of hydrogen-bond acceptors (Lipinski definition) is 6. The molecule has 8 atom stereocenters. The average molecular weight is 385 g/mol. The molecular formula is C22H27NO5. The Morgan fingerprint density at radius 1 is 1.39 bits per heavy atom. The number of esters is 1. The molecular weight excluding hydrogens is 358 g/mol. The fourth-order valence-corrected chi connectivity index (χ4v) is 7.22. The van der Waals surface area contributed by atoms with Crippen LogP contribution in [0.1, 0.15) is 40.0 Å². The lowest BCUT2D eigenvalue weighted by Crippen LogP contribution is -2.60. The fourth-order valence-electron chi connectivity index (χ4n) is 7.22. The van der Waals surface area contributed by atoms with Crippen LogP contribution in [0, 0.1) is 17.8 Å². The Morgan fingerprint density at radius 3 is 2.96 bits per heavy atom. The van der Waals surface area contributed by atoms with Crippen LogP contribution in [-0.2, 0) is 23.7 Å². The molecule has 0 aliphatic carbocycles. The summed E-state index contributed by atoms with van der Waals surface area (Å²) in [5.74, 6) is 1.38. The van der Waals surface area contributed by atoms with Gasteiger partial charge in [0, 0.05) is 18.5 Å². The summed E-state index contributed by atoms with van der Waals surface area (Å²) in [5.41, 5.74) is 0.467. The van der Waals surface area contributed by atoms with Crippen LogP contribution in [0.3, 0.4) is 0 Å². The first kappa shape index (κ1) is 17.1. The molecule has 5 saturated heterocycles. The highest BCUT2D eigenvalue weighted by Crippen LogP contribution is 2.72. The van der Waals surface area contributed by atoms with E-state index in [2.05, 4.69) is 30.9 Å². The van der Waals surface area contributed by atoms with Gasteiger partial charge in [0.2, 0.25) is 11.5 Å². The lowest BCUT2D eigenvalue weighted by molar-refractivity contribution is -0.255. The van der Waals surface area contributed by atoms with E-state index < -0.39 is 5.79 Å². The van der Waals surface area contributed by atoms with Crippen molar-refractivity contribution < 1.29 is 23.7 Å². The lowest BCUT2D eigenvalue weighted by atomic mass is 9.71. The minimum Gasteiger partial charge on any atom is -0.492 e. The number of rotatable bonds is 3. The van der Waals surface area contributed by atoms with E-state index >= 15 is 0 Å². The first-order valence-corrected chi connectivity index (χ1v) is 10.5. The van der Waals surface area contributed by atoms with Crippen LogP contribution < -0.4 is 0 Å². The molecule has 6 rings (SSSR count). The molecule has 0 radical (unpaired) electrons. The molecule has 6 nitrogen and oxygen atoms in total. The normalized spacial score (nSPS) is 52.8. The third kappa shape index (κ3) is 1.60. The van der Waals surface area contributed by atoms with Crippen molar-refractivity contribution in [2.45, 2.75) is 63.5 Å². The summed E-state index contributed by atoms with van der Waals surface area (Å²) in [5, 5.41) is 0. The summed E-state index contributed by atoms with van der Waals surface area (Å²) in [7, 11) is 1.57. The van der Waals surface area contributed by atoms with Crippen molar-refractivity contribution in [1.29, 1.82) is 0 Å². The molecule has 5 bridgehead atoms. The number of fused-ring (bicyclic) bond motifs is 1. The number of hydrogen-bond donors (Lipinski definition) is 0. The first-order chi connectivity index (χ1) is 13.5. The van der Waals surface area contributed by atoms with E-state index in [1.807, 2.05) is 0 Å². The van der Waals surface area contributed by atoms with Crippen LogP contribution in [0.25, 0.3) is 0 Å².